The molecule has 0 fully saturated rings. The second-order valence-corrected chi connectivity index (χ2v) is 4.84. The number of primary amides is 1. The summed E-state index contributed by atoms with van der Waals surface area (Å²) >= 11 is 0. The lowest BCUT2D eigenvalue weighted by Crippen LogP contribution is -2.24. The van der Waals surface area contributed by atoms with Crippen LogP contribution in [0.3, 0.4) is 0 Å². The Hall–Kier alpha value is -0.620. The molecule has 0 heterocycles. The van der Waals surface area contributed by atoms with Gasteiger partial charge in [-0.3, -0.25) is 8.98 Å². The van der Waals surface area contributed by atoms with Gasteiger partial charge in [0.15, 0.2) is 0 Å². The molecule has 5 nitrogen and oxygen atoms in total. The third kappa shape index (κ3) is 8.00. The number of unbranched alkanes of at least 4 members (excludes halogenated alkanes) is 1. The molecule has 0 bridgehead atoms. The molecule has 1 amide bonds. The molecule has 84 valence electrons. The fraction of sp³-hybridized carbons (Fsp3) is 0.875. The summed E-state index contributed by atoms with van der Waals surface area (Å²) in [5, 5.41) is 0. The van der Waals surface area contributed by atoms with Gasteiger partial charge in [-0.1, -0.05) is 19.8 Å². The molecule has 0 saturated heterocycles. The zero-order chi connectivity index (χ0) is 11.2. The van der Waals surface area contributed by atoms with Crippen LogP contribution in [0.4, 0.5) is 0 Å². The number of rotatable bonds is 7. The Morgan fingerprint density at radius 1 is 1.50 bits per heavy atom. The molecule has 0 spiro atoms. The maximum atomic E-state index is 10.8. The third-order valence-corrected chi connectivity index (χ3v) is 2.24. The highest BCUT2D eigenvalue weighted by Gasteiger charge is 2.17. The van der Waals surface area contributed by atoms with Crippen molar-refractivity contribution in [3.05, 3.63) is 0 Å². The van der Waals surface area contributed by atoms with E-state index in [4.69, 9.17) is 9.92 Å². The van der Waals surface area contributed by atoms with Crippen LogP contribution in [0, 0.1) is 0 Å². The van der Waals surface area contributed by atoms with Crippen LogP contribution < -0.4 is 5.73 Å². The topological polar surface area (TPSA) is 86.5 Å². The molecule has 1 atom stereocenters. The largest absolute Gasteiger partial charge is 0.370 e. The molecule has 0 aromatic heterocycles. The van der Waals surface area contributed by atoms with E-state index in [1.807, 2.05) is 6.92 Å². The summed E-state index contributed by atoms with van der Waals surface area (Å²) in [5.41, 5.74) is 4.97. The summed E-state index contributed by atoms with van der Waals surface area (Å²) < 4.78 is 26.3. The highest BCUT2D eigenvalue weighted by Crippen LogP contribution is 2.10. The zero-order valence-corrected chi connectivity index (χ0v) is 9.34. The maximum absolute atomic E-state index is 10.8. The van der Waals surface area contributed by atoms with E-state index in [-0.39, 0.29) is 6.42 Å². The lowest BCUT2D eigenvalue weighted by atomic mass is 10.1. The number of carbonyl (C=O) groups is 1. The summed E-state index contributed by atoms with van der Waals surface area (Å²) in [6.07, 6.45) is 2.57. The SMILES string of the molecule is CCCC[C@H](CC(N)=O)OS(C)(=O)=O. The molecule has 0 saturated carbocycles. The van der Waals surface area contributed by atoms with Gasteiger partial charge < -0.3 is 5.73 Å². The van der Waals surface area contributed by atoms with E-state index in [1.54, 1.807) is 0 Å². The number of hydrogen-bond acceptors (Lipinski definition) is 4. The average Bonchev–Trinajstić information content (AvgIpc) is 1.96. The minimum absolute atomic E-state index is 0.0485. The van der Waals surface area contributed by atoms with Crippen molar-refractivity contribution in [1.82, 2.24) is 0 Å². The lowest BCUT2D eigenvalue weighted by Gasteiger charge is -2.13. The molecule has 2 N–H and O–H groups in total. The molecule has 0 rings (SSSR count). The molecule has 0 aliphatic heterocycles. The number of carbonyl (C=O) groups excluding carboxylic acids is 1. The first-order chi connectivity index (χ1) is 6.35. The summed E-state index contributed by atoms with van der Waals surface area (Å²) in [7, 11) is -3.51. The van der Waals surface area contributed by atoms with Crippen LogP contribution in [0.2, 0.25) is 0 Å². The van der Waals surface area contributed by atoms with Gasteiger partial charge in [0, 0.05) is 0 Å². The van der Waals surface area contributed by atoms with Gasteiger partial charge >= 0.3 is 0 Å². The molecule has 14 heavy (non-hydrogen) atoms. The van der Waals surface area contributed by atoms with Crippen LogP contribution in [-0.4, -0.2) is 26.7 Å². The standard InChI is InChI=1S/C8H17NO4S/c1-3-4-5-7(6-8(9)10)13-14(2,11)12/h7H,3-6H2,1-2H3,(H2,9,10)/t7-/m1/s1. The Kier molecular flexibility index (Phi) is 5.71. The summed E-state index contributed by atoms with van der Waals surface area (Å²) in [4.78, 5) is 10.6. The molecule has 0 radical (unpaired) electrons. The maximum Gasteiger partial charge on any atom is 0.264 e. The van der Waals surface area contributed by atoms with Crippen molar-refractivity contribution in [2.75, 3.05) is 6.26 Å². The van der Waals surface area contributed by atoms with Crippen molar-refractivity contribution in [2.45, 2.75) is 38.7 Å². The predicted molar refractivity (Wildman–Crippen MR) is 53.1 cm³/mol. The fourth-order valence-corrected chi connectivity index (χ4v) is 1.75. The Morgan fingerprint density at radius 3 is 2.43 bits per heavy atom. The van der Waals surface area contributed by atoms with Crippen LogP contribution in [0.1, 0.15) is 32.6 Å². The van der Waals surface area contributed by atoms with E-state index in [1.165, 1.54) is 0 Å². The Morgan fingerprint density at radius 2 is 2.07 bits per heavy atom. The van der Waals surface area contributed by atoms with E-state index in [9.17, 15) is 13.2 Å². The van der Waals surface area contributed by atoms with Gasteiger partial charge in [-0.2, -0.15) is 8.42 Å². The molecular weight excluding hydrogens is 206 g/mol. The smallest absolute Gasteiger partial charge is 0.264 e. The van der Waals surface area contributed by atoms with Gasteiger partial charge in [0.1, 0.15) is 0 Å². The second kappa shape index (κ2) is 5.98. The Labute approximate surface area is 84.7 Å². The third-order valence-electron chi connectivity index (χ3n) is 1.62. The van der Waals surface area contributed by atoms with Crippen molar-refractivity contribution in [3.63, 3.8) is 0 Å². The number of nitrogens with two attached hydrogens (primary N) is 1. The summed E-state index contributed by atoms with van der Waals surface area (Å²) in [5.74, 6) is -0.547. The van der Waals surface area contributed by atoms with Crippen molar-refractivity contribution < 1.29 is 17.4 Å². The van der Waals surface area contributed by atoms with Crippen LogP contribution in [0.15, 0.2) is 0 Å². The average molecular weight is 223 g/mol. The van der Waals surface area contributed by atoms with E-state index < -0.39 is 22.1 Å². The van der Waals surface area contributed by atoms with E-state index in [2.05, 4.69) is 0 Å². The van der Waals surface area contributed by atoms with Gasteiger partial charge in [-0.25, -0.2) is 0 Å². The van der Waals surface area contributed by atoms with Gasteiger partial charge in [0.25, 0.3) is 10.1 Å². The van der Waals surface area contributed by atoms with Crippen LogP contribution >= 0.6 is 0 Å². The number of hydrogen-bond donors (Lipinski definition) is 1. The van der Waals surface area contributed by atoms with Crippen molar-refractivity contribution in [3.8, 4) is 0 Å². The molecule has 6 heteroatoms. The molecule has 0 aliphatic carbocycles. The minimum atomic E-state index is -3.51. The van der Waals surface area contributed by atoms with E-state index in [0.29, 0.717) is 6.42 Å². The minimum Gasteiger partial charge on any atom is -0.370 e. The van der Waals surface area contributed by atoms with Gasteiger partial charge in [-0.15, -0.1) is 0 Å². The van der Waals surface area contributed by atoms with Crippen LogP contribution in [-0.2, 0) is 19.1 Å². The van der Waals surface area contributed by atoms with Crippen LogP contribution in [0.25, 0.3) is 0 Å². The molecule has 0 unspecified atom stereocenters. The highest BCUT2D eigenvalue weighted by atomic mass is 32.2. The quantitative estimate of drug-likeness (QED) is 0.633. The highest BCUT2D eigenvalue weighted by molar-refractivity contribution is 7.86. The Balaban J connectivity index is 4.17. The van der Waals surface area contributed by atoms with Crippen molar-refractivity contribution >= 4 is 16.0 Å². The predicted octanol–water partition coefficient (Wildman–Crippen LogP) is 0.397. The molecule has 0 aromatic carbocycles. The number of amides is 1. The fourth-order valence-electron chi connectivity index (χ4n) is 1.09. The first-order valence-electron chi connectivity index (χ1n) is 4.51. The van der Waals surface area contributed by atoms with Crippen molar-refractivity contribution in [1.29, 1.82) is 0 Å². The normalized spacial score (nSPS) is 13.9. The van der Waals surface area contributed by atoms with E-state index >= 15 is 0 Å². The van der Waals surface area contributed by atoms with Gasteiger partial charge in [0.05, 0.1) is 18.8 Å². The lowest BCUT2D eigenvalue weighted by molar-refractivity contribution is -0.119. The Bertz CT molecular complexity index is 273. The van der Waals surface area contributed by atoms with Crippen molar-refractivity contribution in [2.24, 2.45) is 5.73 Å². The van der Waals surface area contributed by atoms with Gasteiger partial charge in [0.2, 0.25) is 5.91 Å². The van der Waals surface area contributed by atoms with Gasteiger partial charge in [-0.05, 0) is 6.42 Å². The monoisotopic (exact) mass is 223 g/mol. The zero-order valence-electron chi connectivity index (χ0n) is 8.52. The molecular formula is C8H17NO4S. The second-order valence-electron chi connectivity index (χ2n) is 3.24. The van der Waals surface area contributed by atoms with E-state index in [0.717, 1.165) is 19.1 Å². The van der Waals surface area contributed by atoms with Crippen LogP contribution in [0.5, 0.6) is 0 Å². The first-order valence-corrected chi connectivity index (χ1v) is 6.33. The molecule has 0 aliphatic rings. The summed E-state index contributed by atoms with van der Waals surface area (Å²) in [6, 6.07) is 0. The molecule has 0 aromatic rings. The first kappa shape index (κ1) is 13.4. The summed E-state index contributed by atoms with van der Waals surface area (Å²) in [6.45, 7) is 1.97.